The van der Waals surface area contributed by atoms with E-state index in [1.54, 1.807) is 29.2 Å². The Morgan fingerprint density at radius 2 is 1.90 bits per heavy atom. The van der Waals surface area contributed by atoms with Crippen molar-refractivity contribution < 1.29 is 4.39 Å². The van der Waals surface area contributed by atoms with Gasteiger partial charge in [-0.15, -0.1) is 0 Å². The van der Waals surface area contributed by atoms with Crippen LogP contribution in [0.4, 0.5) is 10.1 Å². The van der Waals surface area contributed by atoms with Crippen molar-refractivity contribution in [2.45, 2.75) is 6.54 Å². The fourth-order valence-corrected chi connectivity index (χ4v) is 2.37. The summed E-state index contributed by atoms with van der Waals surface area (Å²) in [6.07, 6.45) is 1.63. The Balaban J connectivity index is 1.85. The molecule has 0 fully saturated rings. The smallest absolute Gasteiger partial charge is 0.181 e. The topological polar surface area (TPSA) is 56.7 Å². The van der Waals surface area contributed by atoms with Crippen molar-refractivity contribution in [3.63, 3.8) is 0 Å². The Hall–Kier alpha value is -2.21. The van der Waals surface area contributed by atoms with Gasteiger partial charge in [0.05, 0.1) is 11.0 Å². The fraction of sp³-hybridized carbons (Fsp3) is 0.0667. The first-order valence-corrected chi connectivity index (χ1v) is 7.11. The van der Waals surface area contributed by atoms with Crippen LogP contribution in [0.2, 0.25) is 0 Å². The Morgan fingerprint density at radius 3 is 2.67 bits per heavy atom. The van der Waals surface area contributed by atoms with E-state index < -0.39 is 0 Å². The molecule has 6 heteroatoms. The molecule has 0 aliphatic rings. The van der Waals surface area contributed by atoms with Gasteiger partial charge in [0.2, 0.25) is 0 Å². The van der Waals surface area contributed by atoms with Crippen LogP contribution in [0.3, 0.4) is 0 Å². The van der Waals surface area contributed by atoms with Gasteiger partial charge in [0.15, 0.2) is 5.82 Å². The van der Waals surface area contributed by atoms with E-state index in [4.69, 9.17) is 5.73 Å². The number of benzene rings is 2. The van der Waals surface area contributed by atoms with Gasteiger partial charge in [-0.3, -0.25) is 0 Å². The van der Waals surface area contributed by atoms with Gasteiger partial charge >= 0.3 is 0 Å². The number of halogens is 2. The quantitative estimate of drug-likeness (QED) is 0.738. The van der Waals surface area contributed by atoms with Gasteiger partial charge in [0.25, 0.3) is 0 Å². The van der Waals surface area contributed by atoms with E-state index in [9.17, 15) is 4.39 Å². The number of hydrogen-bond donors (Lipinski definition) is 1. The number of anilines is 1. The van der Waals surface area contributed by atoms with Gasteiger partial charge in [0, 0.05) is 11.3 Å². The minimum absolute atomic E-state index is 0.286. The third-order valence-electron chi connectivity index (χ3n) is 3.07. The Labute approximate surface area is 129 Å². The molecule has 0 amide bonds. The van der Waals surface area contributed by atoms with Crippen molar-refractivity contribution in [2.75, 3.05) is 5.73 Å². The van der Waals surface area contributed by atoms with E-state index in [1.807, 2.05) is 18.2 Å². The van der Waals surface area contributed by atoms with Crippen LogP contribution in [-0.4, -0.2) is 14.8 Å². The van der Waals surface area contributed by atoms with Crippen LogP contribution in [0.5, 0.6) is 0 Å². The Bertz CT molecular complexity index is 768. The maximum Gasteiger partial charge on any atom is 0.181 e. The average Bonchev–Trinajstić information content (AvgIpc) is 2.93. The average molecular weight is 347 g/mol. The van der Waals surface area contributed by atoms with Gasteiger partial charge in [-0.1, -0.05) is 12.1 Å². The van der Waals surface area contributed by atoms with Crippen LogP contribution < -0.4 is 5.73 Å². The molecule has 0 bridgehead atoms. The van der Waals surface area contributed by atoms with E-state index in [0.717, 1.165) is 11.1 Å². The van der Waals surface area contributed by atoms with Crippen molar-refractivity contribution in [1.29, 1.82) is 0 Å². The molecule has 106 valence electrons. The van der Waals surface area contributed by atoms with Crippen molar-refractivity contribution in [3.8, 4) is 11.4 Å². The standard InChI is InChI=1S/C15H12BrFN4/c16-14-11(2-1-3-13(14)17)8-21-9-19-15(20-21)10-4-6-12(18)7-5-10/h1-7,9H,8,18H2. The molecule has 1 aromatic heterocycles. The molecule has 2 N–H and O–H groups in total. The van der Waals surface area contributed by atoms with E-state index in [-0.39, 0.29) is 5.82 Å². The third-order valence-corrected chi connectivity index (χ3v) is 3.96. The molecule has 4 nitrogen and oxygen atoms in total. The molecule has 3 rings (SSSR count). The summed E-state index contributed by atoms with van der Waals surface area (Å²) in [6, 6.07) is 12.3. The predicted octanol–water partition coefficient (Wildman–Crippen LogP) is 3.48. The summed E-state index contributed by atoms with van der Waals surface area (Å²) >= 11 is 3.25. The summed E-state index contributed by atoms with van der Waals surface area (Å²) in [6.45, 7) is 0.445. The maximum atomic E-state index is 13.5. The van der Waals surface area contributed by atoms with Crippen molar-refractivity contribution in [2.24, 2.45) is 0 Å². The van der Waals surface area contributed by atoms with Gasteiger partial charge in [-0.25, -0.2) is 14.1 Å². The van der Waals surface area contributed by atoms with E-state index >= 15 is 0 Å². The highest BCUT2D eigenvalue weighted by molar-refractivity contribution is 9.10. The van der Waals surface area contributed by atoms with Gasteiger partial charge in [0.1, 0.15) is 12.1 Å². The summed E-state index contributed by atoms with van der Waals surface area (Å²) in [7, 11) is 0. The zero-order valence-corrected chi connectivity index (χ0v) is 12.6. The monoisotopic (exact) mass is 346 g/mol. The summed E-state index contributed by atoms with van der Waals surface area (Å²) in [5.74, 6) is 0.328. The van der Waals surface area contributed by atoms with Crippen LogP contribution in [0, 0.1) is 5.82 Å². The van der Waals surface area contributed by atoms with Gasteiger partial charge in [-0.2, -0.15) is 5.10 Å². The van der Waals surface area contributed by atoms with Crippen molar-refractivity contribution >= 4 is 21.6 Å². The first-order valence-electron chi connectivity index (χ1n) is 6.32. The number of nitrogens with zero attached hydrogens (tertiary/aromatic N) is 3. The zero-order valence-electron chi connectivity index (χ0n) is 11.0. The molecule has 21 heavy (non-hydrogen) atoms. The molecular weight excluding hydrogens is 335 g/mol. The van der Waals surface area contributed by atoms with Crippen LogP contribution in [0.25, 0.3) is 11.4 Å². The van der Waals surface area contributed by atoms with Crippen molar-refractivity contribution in [3.05, 3.63) is 64.6 Å². The zero-order chi connectivity index (χ0) is 14.8. The second kappa shape index (κ2) is 5.65. The highest BCUT2D eigenvalue weighted by Gasteiger charge is 2.08. The second-order valence-corrected chi connectivity index (χ2v) is 5.39. The highest BCUT2D eigenvalue weighted by atomic mass is 79.9. The highest BCUT2D eigenvalue weighted by Crippen LogP contribution is 2.22. The van der Waals surface area contributed by atoms with E-state index in [1.165, 1.54) is 6.07 Å². The maximum absolute atomic E-state index is 13.5. The second-order valence-electron chi connectivity index (χ2n) is 4.60. The van der Waals surface area contributed by atoms with Crippen LogP contribution >= 0.6 is 15.9 Å². The molecular formula is C15H12BrFN4. The number of aromatic nitrogens is 3. The van der Waals surface area contributed by atoms with E-state index in [2.05, 4.69) is 26.0 Å². The molecule has 0 atom stereocenters. The lowest BCUT2D eigenvalue weighted by atomic mass is 10.2. The predicted molar refractivity (Wildman–Crippen MR) is 83.1 cm³/mol. The number of nitrogen functional groups attached to an aromatic ring is 1. The Morgan fingerprint density at radius 1 is 1.14 bits per heavy atom. The molecule has 2 aromatic carbocycles. The number of rotatable bonds is 3. The summed E-state index contributed by atoms with van der Waals surface area (Å²) in [5, 5.41) is 4.40. The lowest BCUT2D eigenvalue weighted by Gasteiger charge is -2.04. The first kappa shape index (κ1) is 13.8. The third kappa shape index (κ3) is 2.95. The van der Waals surface area contributed by atoms with Gasteiger partial charge in [-0.05, 0) is 51.8 Å². The first-order chi connectivity index (χ1) is 10.1. The molecule has 0 saturated heterocycles. The Kier molecular flexibility index (Phi) is 3.70. The minimum atomic E-state index is -0.286. The lowest BCUT2D eigenvalue weighted by Crippen LogP contribution is -2.02. The summed E-state index contributed by atoms with van der Waals surface area (Å²) in [5.41, 5.74) is 8.05. The number of nitrogens with two attached hydrogens (primary N) is 1. The molecule has 0 radical (unpaired) electrons. The van der Waals surface area contributed by atoms with Crippen LogP contribution in [-0.2, 0) is 6.54 Å². The summed E-state index contributed by atoms with van der Waals surface area (Å²) < 4.78 is 15.6. The lowest BCUT2D eigenvalue weighted by molar-refractivity contribution is 0.611. The molecule has 0 spiro atoms. The fourth-order valence-electron chi connectivity index (χ4n) is 1.98. The molecule has 0 aliphatic carbocycles. The normalized spacial score (nSPS) is 10.8. The SMILES string of the molecule is Nc1ccc(-c2ncn(Cc3cccc(F)c3Br)n2)cc1. The molecule has 3 aromatic rings. The largest absolute Gasteiger partial charge is 0.399 e. The van der Waals surface area contributed by atoms with Crippen LogP contribution in [0.15, 0.2) is 53.3 Å². The number of hydrogen-bond acceptors (Lipinski definition) is 3. The minimum Gasteiger partial charge on any atom is -0.399 e. The van der Waals surface area contributed by atoms with Gasteiger partial charge < -0.3 is 5.73 Å². The molecule has 0 aliphatic heterocycles. The van der Waals surface area contributed by atoms with Crippen molar-refractivity contribution in [1.82, 2.24) is 14.8 Å². The molecule has 0 saturated carbocycles. The summed E-state index contributed by atoms with van der Waals surface area (Å²) in [4.78, 5) is 4.27. The van der Waals surface area contributed by atoms with E-state index in [0.29, 0.717) is 22.5 Å². The van der Waals surface area contributed by atoms with Crippen LogP contribution in [0.1, 0.15) is 5.56 Å². The molecule has 0 unspecified atom stereocenters. The molecule has 1 heterocycles.